The fourth-order valence-electron chi connectivity index (χ4n) is 3.12. The van der Waals surface area contributed by atoms with Crippen LogP contribution in [0.15, 0.2) is 24.3 Å². The van der Waals surface area contributed by atoms with E-state index in [2.05, 4.69) is 38.1 Å². The molecule has 0 amide bonds. The molecule has 0 aliphatic heterocycles. The summed E-state index contributed by atoms with van der Waals surface area (Å²) in [7, 11) is 0. The van der Waals surface area contributed by atoms with Gasteiger partial charge in [-0.3, -0.25) is 0 Å². The van der Waals surface area contributed by atoms with Gasteiger partial charge in [-0.25, -0.2) is 0 Å². The van der Waals surface area contributed by atoms with Crippen LogP contribution in [0.5, 0.6) is 0 Å². The average molecular weight is 279 g/mol. The Kier molecular flexibility index (Phi) is 5.76. The van der Waals surface area contributed by atoms with Gasteiger partial charge in [0.2, 0.25) is 0 Å². The summed E-state index contributed by atoms with van der Waals surface area (Å²) in [6.07, 6.45) is 9.57. The summed E-state index contributed by atoms with van der Waals surface area (Å²) in [5.74, 6) is 1.44. The van der Waals surface area contributed by atoms with Gasteiger partial charge < -0.3 is 0 Å². The fraction of sp³-hybridized carbons (Fsp3) is 0.667. The molecule has 1 unspecified atom stereocenters. The molecule has 106 valence electrons. The van der Waals surface area contributed by atoms with Crippen molar-refractivity contribution in [2.75, 3.05) is 0 Å². The number of rotatable bonds is 4. The van der Waals surface area contributed by atoms with Gasteiger partial charge in [0.1, 0.15) is 0 Å². The smallest absolute Gasteiger partial charge is 0.0587 e. The molecule has 1 atom stereocenters. The maximum absolute atomic E-state index is 6.62. The molecule has 0 spiro atoms. The lowest BCUT2D eigenvalue weighted by molar-refractivity contribution is 0.423. The van der Waals surface area contributed by atoms with E-state index in [1.807, 2.05) is 0 Å². The van der Waals surface area contributed by atoms with Crippen molar-refractivity contribution < 1.29 is 0 Å². The van der Waals surface area contributed by atoms with Crippen LogP contribution in [0.1, 0.15) is 81.2 Å². The molecule has 0 radical (unpaired) electrons. The Labute approximate surface area is 123 Å². The minimum atomic E-state index is 0.198. The molecular weight excluding hydrogens is 252 g/mol. The summed E-state index contributed by atoms with van der Waals surface area (Å²) >= 11 is 6.62. The molecule has 1 aliphatic rings. The van der Waals surface area contributed by atoms with Crippen molar-refractivity contribution >= 4 is 11.6 Å². The second-order valence-electron chi connectivity index (χ2n) is 6.38. The zero-order valence-electron chi connectivity index (χ0n) is 12.4. The largest absolute Gasteiger partial charge is 0.118 e. The highest BCUT2D eigenvalue weighted by atomic mass is 35.5. The van der Waals surface area contributed by atoms with Gasteiger partial charge in [0.05, 0.1) is 5.38 Å². The maximum atomic E-state index is 6.62. The molecule has 0 aromatic heterocycles. The van der Waals surface area contributed by atoms with E-state index in [4.69, 9.17) is 11.6 Å². The molecule has 2 rings (SSSR count). The average Bonchev–Trinajstić information content (AvgIpc) is 2.67. The van der Waals surface area contributed by atoms with E-state index < -0.39 is 0 Å². The SMILES string of the molecule is CC(C)c1ccc(C(Cl)CC2CCCCCC2)cc1. The Morgan fingerprint density at radius 1 is 0.947 bits per heavy atom. The van der Waals surface area contributed by atoms with Crippen LogP contribution in [-0.4, -0.2) is 0 Å². The molecule has 0 nitrogen and oxygen atoms in total. The number of hydrogen-bond donors (Lipinski definition) is 0. The summed E-state index contributed by atoms with van der Waals surface area (Å²) in [5.41, 5.74) is 2.71. The van der Waals surface area contributed by atoms with Crippen LogP contribution in [-0.2, 0) is 0 Å². The van der Waals surface area contributed by atoms with Crippen molar-refractivity contribution in [2.24, 2.45) is 5.92 Å². The Morgan fingerprint density at radius 2 is 1.47 bits per heavy atom. The minimum Gasteiger partial charge on any atom is -0.118 e. The first-order valence-electron chi connectivity index (χ1n) is 7.90. The molecular formula is C18H27Cl. The van der Waals surface area contributed by atoms with Gasteiger partial charge in [-0.15, -0.1) is 11.6 Å². The van der Waals surface area contributed by atoms with Gasteiger partial charge in [-0.2, -0.15) is 0 Å². The zero-order chi connectivity index (χ0) is 13.7. The van der Waals surface area contributed by atoms with Crippen molar-refractivity contribution in [3.63, 3.8) is 0 Å². The normalized spacial score (nSPS) is 19.4. The molecule has 1 heteroatoms. The molecule has 0 N–H and O–H groups in total. The van der Waals surface area contributed by atoms with E-state index in [0.717, 1.165) is 12.3 Å². The molecule has 1 aromatic rings. The lowest BCUT2D eigenvalue weighted by Crippen LogP contribution is -2.03. The highest BCUT2D eigenvalue weighted by molar-refractivity contribution is 6.20. The second-order valence-corrected chi connectivity index (χ2v) is 6.91. The number of hydrogen-bond acceptors (Lipinski definition) is 0. The third-order valence-corrected chi connectivity index (χ3v) is 4.91. The summed E-state index contributed by atoms with van der Waals surface area (Å²) in [6, 6.07) is 8.93. The standard InChI is InChI=1S/C18H27Cl/c1-14(2)16-9-11-17(12-10-16)18(19)13-15-7-5-3-4-6-8-15/h9-12,14-15,18H,3-8,13H2,1-2H3. The predicted molar refractivity (Wildman–Crippen MR) is 84.9 cm³/mol. The van der Waals surface area contributed by atoms with Gasteiger partial charge >= 0.3 is 0 Å². The molecule has 0 heterocycles. The quantitative estimate of drug-likeness (QED) is 0.438. The third-order valence-electron chi connectivity index (χ3n) is 4.48. The molecule has 1 saturated carbocycles. The molecule has 0 bridgehead atoms. The summed E-state index contributed by atoms with van der Waals surface area (Å²) in [6.45, 7) is 4.47. The zero-order valence-corrected chi connectivity index (χ0v) is 13.1. The first-order valence-corrected chi connectivity index (χ1v) is 8.34. The van der Waals surface area contributed by atoms with Crippen LogP contribution in [0.4, 0.5) is 0 Å². The van der Waals surface area contributed by atoms with Crippen molar-refractivity contribution in [2.45, 2.75) is 70.1 Å². The molecule has 1 fully saturated rings. The summed E-state index contributed by atoms with van der Waals surface area (Å²) in [5, 5.41) is 0.198. The van der Waals surface area contributed by atoms with E-state index in [0.29, 0.717) is 5.92 Å². The number of benzene rings is 1. The number of halogens is 1. The summed E-state index contributed by atoms with van der Waals surface area (Å²) < 4.78 is 0. The Balaban J connectivity index is 1.92. The monoisotopic (exact) mass is 278 g/mol. The Hall–Kier alpha value is -0.490. The fourth-order valence-corrected chi connectivity index (χ4v) is 3.52. The lowest BCUT2D eigenvalue weighted by atomic mass is 9.92. The van der Waals surface area contributed by atoms with Crippen molar-refractivity contribution in [1.29, 1.82) is 0 Å². The van der Waals surface area contributed by atoms with Crippen molar-refractivity contribution in [1.82, 2.24) is 0 Å². The highest BCUT2D eigenvalue weighted by Crippen LogP contribution is 2.34. The Morgan fingerprint density at radius 3 is 2.00 bits per heavy atom. The Bertz CT molecular complexity index is 358. The van der Waals surface area contributed by atoms with Crippen LogP contribution in [0.3, 0.4) is 0 Å². The predicted octanol–water partition coefficient (Wildman–Crippen LogP) is 6.45. The van der Waals surface area contributed by atoms with E-state index in [1.54, 1.807) is 0 Å². The second kappa shape index (κ2) is 7.33. The first-order chi connectivity index (χ1) is 9.16. The van der Waals surface area contributed by atoms with Gasteiger partial charge in [0, 0.05) is 0 Å². The van der Waals surface area contributed by atoms with Crippen LogP contribution in [0, 0.1) is 5.92 Å². The topological polar surface area (TPSA) is 0 Å². The maximum Gasteiger partial charge on any atom is 0.0587 e. The van der Waals surface area contributed by atoms with E-state index >= 15 is 0 Å². The van der Waals surface area contributed by atoms with Gasteiger partial charge in [-0.05, 0) is 29.4 Å². The minimum absolute atomic E-state index is 0.198. The van der Waals surface area contributed by atoms with Crippen LogP contribution in [0.2, 0.25) is 0 Å². The molecule has 1 aromatic carbocycles. The molecule has 1 aliphatic carbocycles. The van der Waals surface area contributed by atoms with Crippen molar-refractivity contribution in [3.8, 4) is 0 Å². The van der Waals surface area contributed by atoms with Crippen LogP contribution >= 0.6 is 11.6 Å². The molecule has 0 saturated heterocycles. The summed E-state index contributed by atoms with van der Waals surface area (Å²) in [4.78, 5) is 0. The lowest BCUT2D eigenvalue weighted by Gasteiger charge is -2.18. The van der Waals surface area contributed by atoms with Gasteiger partial charge in [-0.1, -0.05) is 76.6 Å². The van der Waals surface area contributed by atoms with Crippen molar-refractivity contribution in [3.05, 3.63) is 35.4 Å². The van der Waals surface area contributed by atoms with E-state index in [1.165, 1.54) is 49.7 Å². The molecule has 19 heavy (non-hydrogen) atoms. The van der Waals surface area contributed by atoms with Crippen LogP contribution < -0.4 is 0 Å². The van der Waals surface area contributed by atoms with E-state index in [-0.39, 0.29) is 5.38 Å². The van der Waals surface area contributed by atoms with Crippen LogP contribution in [0.25, 0.3) is 0 Å². The van der Waals surface area contributed by atoms with E-state index in [9.17, 15) is 0 Å². The van der Waals surface area contributed by atoms with Gasteiger partial charge in [0.25, 0.3) is 0 Å². The first kappa shape index (κ1) is 14.9. The third kappa shape index (κ3) is 4.53. The highest BCUT2D eigenvalue weighted by Gasteiger charge is 2.17. The van der Waals surface area contributed by atoms with Gasteiger partial charge in [0.15, 0.2) is 0 Å². The number of alkyl halides is 1.